The van der Waals surface area contributed by atoms with Crippen LogP contribution in [-0.2, 0) is 0 Å². The topological polar surface area (TPSA) is 44.3 Å². The van der Waals surface area contributed by atoms with Gasteiger partial charge in [-0.2, -0.15) is 0 Å². The molecule has 11 heavy (non-hydrogen) atoms. The highest BCUT2D eigenvalue weighted by atomic mass is 16.3. The first-order chi connectivity index (χ1) is 5.39. The molecule has 2 fully saturated rings. The highest BCUT2D eigenvalue weighted by Gasteiger charge is 2.08. The van der Waals surface area contributed by atoms with Crippen LogP contribution in [0, 0.1) is 0 Å². The van der Waals surface area contributed by atoms with Gasteiger partial charge in [-0.1, -0.05) is 0 Å². The van der Waals surface area contributed by atoms with Crippen LogP contribution in [0.5, 0.6) is 0 Å². The smallest absolute Gasteiger partial charge is 0.0676 e. The van der Waals surface area contributed by atoms with Crippen molar-refractivity contribution in [2.45, 2.75) is 25.4 Å². The lowest BCUT2D eigenvalue weighted by Gasteiger charge is -1.90. The van der Waals surface area contributed by atoms with E-state index in [2.05, 4.69) is 10.6 Å². The molecular formula is C8H18N2O. The van der Waals surface area contributed by atoms with Crippen LogP contribution in [0.15, 0.2) is 0 Å². The number of hydrogen-bond acceptors (Lipinski definition) is 3. The van der Waals surface area contributed by atoms with Crippen LogP contribution in [0.1, 0.15) is 19.3 Å². The fourth-order valence-electron chi connectivity index (χ4n) is 1.26. The molecule has 0 radical (unpaired) electrons. The standard InChI is InChI=1S/C4H9NO.C4H9N/c6-4-1-2-5-3-4;1-2-4-5-3-1/h4-6H,1-3H2;5H,1-4H2. The van der Waals surface area contributed by atoms with Crippen molar-refractivity contribution < 1.29 is 5.11 Å². The van der Waals surface area contributed by atoms with E-state index in [1.54, 1.807) is 0 Å². The van der Waals surface area contributed by atoms with E-state index in [0.717, 1.165) is 19.5 Å². The lowest BCUT2D eigenvalue weighted by Crippen LogP contribution is -2.11. The highest BCUT2D eigenvalue weighted by Crippen LogP contribution is 1.93. The number of nitrogens with one attached hydrogen (secondary N) is 2. The Morgan fingerprint density at radius 2 is 1.73 bits per heavy atom. The Kier molecular flexibility index (Phi) is 4.50. The summed E-state index contributed by atoms with van der Waals surface area (Å²) in [6.07, 6.45) is 3.64. The Hall–Kier alpha value is -0.120. The van der Waals surface area contributed by atoms with Crippen molar-refractivity contribution in [1.82, 2.24) is 10.6 Å². The first-order valence-corrected chi connectivity index (χ1v) is 4.49. The first-order valence-electron chi connectivity index (χ1n) is 4.49. The molecule has 66 valence electrons. The molecule has 3 nitrogen and oxygen atoms in total. The van der Waals surface area contributed by atoms with E-state index in [0.29, 0.717) is 0 Å². The molecule has 1 atom stereocenters. The zero-order valence-electron chi connectivity index (χ0n) is 6.97. The monoisotopic (exact) mass is 158 g/mol. The SMILES string of the molecule is C1CCNC1.OC1CCNC1. The second-order valence-corrected chi connectivity index (χ2v) is 3.10. The van der Waals surface area contributed by atoms with Gasteiger partial charge in [-0.3, -0.25) is 0 Å². The lowest BCUT2D eigenvalue weighted by atomic mass is 10.3. The average molecular weight is 158 g/mol. The fourth-order valence-corrected chi connectivity index (χ4v) is 1.26. The summed E-state index contributed by atoms with van der Waals surface area (Å²) < 4.78 is 0. The predicted octanol–water partition coefficient (Wildman–Crippen LogP) is -0.290. The molecule has 1 unspecified atom stereocenters. The molecule has 2 rings (SSSR count). The Morgan fingerprint density at radius 3 is 1.91 bits per heavy atom. The van der Waals surface area contributed by atoms with Crippen LogP contribution in [0.2, 0.25) is 0 Å². The maximum absolute atomic E-state index is 8.67. The number of hydrogen-bond donors (Lipinski definition) is 3. The van der Waals surface area contributed by atoms with Crippen molar-refractivity contribution >= 4 is 0 Å². The zero-order valence-corrected chi connectivity index (χ0v) is 6.97. The van der Waals surface area contributed by atoms with Gasteiger partial charge >= 0.3 is 0 Å². The van der Waals surface area contributed by atoms with Gasteiger partial charge in [0.05, 0.1) is 6.10 Å². The molecule has 0 spiro atoms. The van der Waals surface area contributed by atoms with Gasteiger partial charge in [-0.05, 0) is 38.9 Å². The number of aliphatic hydroxyl groups is 1. The summed E-state index contributed by atoms with van der Waals surface area (Å²) in [6, 6.07) is 0. The Morgan fingerprint density at radius 1 is 1.00 bits per heavy atom. The van der Waals surface area contributed by atoms with E-state index in [-0.39, 0.29) is 6.10 Å². The molecule has 0 aliphatic carbocycles. The third-order valence-electron chi connectivity index (χ3n) is 1.99. The summed E-state index contributed by atoms with van der Waals surface area (Å²) in [6.45, 7) is 4.28. The average Bonchev–Trinajstić information content (AvgIpc) is 2.57. The van der Waals surface area contributed by atoms with Crippen molar-refractivity contribution in [2.75, 3.05) is 26.2 Å². The van der Waals surface area contributed by atoms with E-state index in [4.69, 9.17) is 5.11 Å². The van der Waals surface area contributed by atoms with Crippen molar-refractivity contribution in [2.24, 2.45) is 0 Å². The first kappa shape index (κ1) is 8.97. The maximum Gasteiger partial charge on any atom is 0.0676 e. The van der Waals surface area contributed by atoms with Gasteiger partial charge in [-0.25, -0.2) is 0 Å². The molecular weight excluding hydrogens is 140 g/mol. The van der Waals surface area contributed by atoms with E-state index in [1.807, 2.05) is 0 Å². The van der Waals surface area contributed by atoms with Crippen LogP contribution >= 0.6 is 0 Å². The normalized spacial score (nSPS) is 29.7. The van der Waals surface area contributed by atoms with Crippen molar-refractivity contribution in [3.63, 3.8) is 0 Å². The maximum atomic E-state index is 8.67. The molecule has 2 aliphatic heterocycles. The molecule has 0 saturated carbocycles. The molecule has 2 heterocycles. The summed E-state index contributed by atoms with van der Waals surface area (Å²) in [5.74, 6) is 0. The minimum absolute atomic E-state index is 0.0648. The molecule has 0 bridgehead atoms. The number of rotatable bonds is 0. The van der Waals surface area contributed by atoms with Crippen LogP contribution in [0.25, 0.3) is 0 Å². The lowest BCUT2D eigenvalue weighted by molar-refractivity contribution is 0.196. The van der Waals surface area contributed by atoms with Gasteiger partial charge in [0.15, 0.2) is 0 Å². The third-order valence-corrected chi connectivity index (χ3v) is 1.99. The summed E-state index contributed by atoms with van der Waals surface area (Å²) in [4.78, 5) is 0. The van der Waals surface area contributed by atoms with Gasteiger partial charge in [0.2, 0.25) is 0 Å². The van der Waals surface area contributed by atoms with Crippen LogP contribution in [0.3, 0.4) is 0 Å². The summed E-state index contributed by atoms with van der Waals surface area (Å²) in [5.41, 5.74) is 0. The molecule has 3 N–H and O–H groups in total. The van der Waals surface area contributed by atoms with Gasteiger partial charge in [-0.15, -0.1) is 0 Å². The van der Waals surface area contributed by atoms with E-state index in [9.17, 15) is 0 Å². The van der Waals surface area contributed by atoms with E-state index >= 15 is 0 Å². The van der Waals surface area contributed by atoms with Crippen LogP contribution in [0.4, 0.5) is 0 Å². The van der Waals surface area contributed by atoms with Gasteiger partial charge in [0.25, 0.3) is 0 Å². The van der Waals surface area contributed by atoms with Gasteiger partial charge in [0, 0.05) is 6.54 Å². The second kappa shape index (κ2) is 5.52. The van der Waals surface area contributed by atoms with Crippen molar-refractivity contribution in [3.05, 3.63) is 0 Å². The molecule has 0 aromatic heterocycles. The minimum atomic E-state index is -0.0648. The molecule has 0 aromatic carbocycles. The second-order valence-electron chi connectivity index (χ2n) is 3.10. The van der Waals surface area contributed by atoms with Crippen LogP contribution < -0.4 is 10.6 Å². The number of aliphatic hydroxyl groups excluding tert-OH is 1. The Labute approximate surface area is 68.2 Å². The summed E-state index contributed by atoms with van der Waals surface area (Å²) in [7, 11) is 0. The molecule has 0 aromatic rings. The van der Waals surface area contributed by atoms with E-state index < -0.39 is 0 Å². The predicted molar refractivity (Wildman–Crippen MR) is 45.6 cm³/mol. The zero-order chi connectivity index (χ0) is 7.94. The third kappa shape index (κ3) is 4.35. The molecule has 0 amide bonds. The fraction of sp³-hybridized carbons (Fsp3) is 1.00. The Balaban J connectivity index is 0.000000112. The van der Waals surface area contributed by atoms with Gasteiger partial charge < -0.3 is 15.7 Å². The van der Waals surface area contributed by atoms with Crippen LogP contribution in [-0.4, -0.2) is 37.4 Å². The van der Waals surface area contributed by atoms with Gasteiger partial charge in [0.1, 0.15) is 0 Å². The highest BCUT2D eigenvalue weighted by molar-refractivity contribution is 4.67. The molecule has 2 saturated heterocycles. The van der Waals surface area contributed by atoms with Crippen molar-refractivity contribution in [1.29, 1.82) is 0 Å². The summed E-state index contributed by atoms with van der Waals surface area (Å²) >= 11 is 0. The molecule has 3 heteroatoms. The quantitative estimate of drug-likeness (QED) is 0.454. The number of β-amino-alcohol motifs (C(OH)–C–C–N with tert-alkyl or cyclic N) is 1. The molecule has 2 aliphatic rings. The van der Waals surface area contributed by atoms with E-state index in [1.165, 1.54) is 25.9 Å². The summed E-state index contributed by atoms with van der Waals surface area (Å²) in [5, 5.41) is 14.9. The largest absolute Gasteiger partial charge is 0.392 e. The Bertz CT molecular complexity index is 80.5. The minimum Gasteiger partial charge on any atom is -0.392 e. The van der Waals surface area contributed by atoms with Crippen molar-refractivity contribution in [3.8, 4) is 0 Å².